The minimum absolute atomic E-state index is 0.253. The summed E-state index contributed by atoms with van der Waals surface area (Å²) in [5.74, 6) is 0.623. The lowest BCUT2D eigenvalue weighted by molar-refractivity contribution is -0.146. The number of rotatable bonds is 4. The SMILES string of the molecule is CCOC(=O)C1(c2noc(-c3ccc(C)cc3)n2)CC1. The highest BCUT2D eigenvalue weighted by Crippen LogP contribution is 2.48. The number of hydrogen-bond acceptors (Lipinski definition) is 5. The Labute approximate surface area is 116 Å². The number of aromatic nitrogens is 2. The minimum Gasteiger partial charge on any atom is -0.465 e. The highest BCUT2D eigenvalue weighted by molar-refractivity contribution is 5.85. The zero-order valence-electron chi connectivity index (χ0n) is 11.5. The molecule has 2 aromatic rings. The van der Waals surface area contributed by atoms with E-state index in [-0.39, 0.29) is 5.97 Å². The van der Waals surface area contributed by atoms with Crippen molar-refractivity contribution in [3.8, 4) is 11.5 Å². The van der Waals surface area contributed by atoms with Gasteiger partial charge in [-0.15, -0.1) is 0 Å². The molecule has 5 heteroatoms. The number of ether oxygens (including phenoxy) is 1. The summed E-state index contributed by atoms with van der Waals surface area (Å²) in [6, 6.07) is 7.82. The second-order valence-electron chi connectivity index (χ2n) is 5.09. The predicted molar refractivity (Wildman–Crippen MR) is 72.0 cm³/mol. The first-order chi connectivity index (χ1) is 9.65. The van der Waals surface area contributed by atoms with Gasteiger partial charge in [0, 0.05) is 5.56 Å². The molecule has 0 spiro atoms. The van der Waals surface area contributed by atoms with Gasteiger partial charge in [-0.1, -0.05) is 22.9 Å². The summed E-state index contributed by atoms with van der Waals surface area (Å²) >= 11 is 0. The van der Waals surface area contributed by atoms with Gasteiger partial charge in [0.15, 0.2) is 5.82 Å². The number of aryl methyl sites for hydroxylation is 1. The molecular formula is C15H16N2O3. The third-order valence-corrected chi connectivity index (χ3v) is 3.57. The van der Waals surface area contributed by atoms with Crippen LogP contribution in [-0.2, 0) is 14.9 Å². The maximum atomic E-state index is 12.0. The molecule has 0 bridgehead atoms. The van der Waals surface area contributed by atoms with Gasteiger partial charge in [-0.05, 0) is 38.8 Å². The largest absolute Gasteiger partial charge is 0.465 e. The Bertz CT molecular complexity index is 627. The van der Waals surface area contributed by atoms with E-state index in [4.69, 9.17) is 9.26 Å². The maximum absolute atomic E-state index is 12.0. The molecule has 0 saturated heterocycles. The van der Waals surface area contributed by atoms with Crippen molar-refractivity contribution >= 4 is 5.97 Å². The zero-order valence-corrected chi connectivity index (χ0v) is 11.5. The molecule has 0 atom stereocenters. The normalized spacial score (nSPS) is 15.9. The third kappa shape index (κ3) is 2.09. The molecule has 3 rings (SSSR count). The van der Waals surface area contributed by atoms with E-state index in [9.17, 15) is 4.79 Å². The molecule has 104 valence electrons. The fourth-order valence-corrected chi connectivity index (χ4v) is 2.14. The van der Waals surface area contributed by atoms with E-state index in [0.717, 1.165) is 18.4 Å². The second kappa shape index (κ2) is 4.74. The van der Waals surface area contributed by atoms with Gasteiger partial charge in [0.25, 0.3) is 5.89 Å². The molecule has 1 aromatic carbocycles. The molecule has 0 aliphatic heterocycles. The summed E-state index contributed by atoms with van der Waals surface area (Å²) in [5.41, 5.74) is 1.34. The number of hydrogen-bond donors (Lipinski definition) is 0. The van der Waals surface area contributed by atoms with Crippen molar-refractivity contribution in [3.63, 3.8) is 0 Å². The van der Waals surface area contributed by atoms with Gasteiger partial charge >= 0.3 is 5.97 Å². The van der Waals surface area contributed by atoms with Gasteiger partial charge in [0.1, 0.15) is 5.41 Å². The van der Waals surface area contributed by atoms with Crippen molar-refractivity contribution in [1.82, 2.24) is 10.1 Å². The van der Waals surface area contributed by atoms with Crippen LogP contribution in [-0.4, -0.2) is 22.7 Å². The number of nitrogens with zero attached hydrogens (tertiary/aromatic N) is 2. The van der Waals surface area contributed by atoms with Crippen molar-refractivity contribution < 1.29 is 14.1 Å². The molecule has 1 fully saturated rings. The van der Waals surface area contributed by atoms with E-state index >= 15 is 0 Å². The quantitative estimate of drug-likeness (QED) is 0.800. The molecule has 0 N–H and O–H groups in total. The number of esters is 1. The lowest BCUT2D eigenvalue weighted by atomic mass is 10.1. The van der Waals surface area contributed by atoms with Crippen molar-refractivity contribution in [3.05, 3.63) is 35.7 Å². The first-order valence-electron chi connectivity index (χ1n) is 6.74. The van der Waals surface area contributed by atoms with Gasteiger partial charge in [-0.2, -0.15) is 4.98 Å². The Hall–Kier alpha value is -2.17. The molecule has 0 unspecified atom stereocenters. The highest BCUT2D eigenvalue weighted by Gasteiger charge is 2.56. The van der Waals surface area contributed by atoms with Gasteiger partial charge < -0.3 is 9.26 Å². The Morgan fingerprint density at radius 2 is 2.05 bits per heavy atom. The molecule has 1 saturated carbocycles. The summed E-state index contributed by atoms with van der Waals surface area (Å²) in [7, 11) is 0. The van der Waals surface area contributed by atoms with Crippen molar-refractivity contribution in [2.24, 2.45) is 0 Å². The fraction of sp³-hybridized carbons (Fsp3) is 0.400. The van der Waals surface area contributed by atoms with Crippen LogP contribution >= 0.6 is 0 Å². The summed E-state index contributed by atoms with van der Waals surface area (Å²) in [5, 5.41) is 3.97. The van der Waals surface area contributed by atoms with Crippen LogP contribution in [0.25, 0.3) is 11.5 Å². The molecule has 1 aliphatic carbocycles. The Morgan fingerprint density at radius 1 is 1.35 bits per heavy atom. The molecule has 0 amide bonds. The van der Waals surface area contributed by atoms with Crippen LogP contribution in [0.3, 0.4) is 0 Å². The molecule has 1 aliphatic rings. The van der Waals surface area contributed by atoms with E-state index < -0.39 is 5.41 Å². The third-order valence-electron chi connectivity index (χ3n) is 3.57. The molecule has 1 aromatic heterocycles. The Morgan fingerprint density at radius 3 is 2.65 bits per heavy atom. The fourth-order valence-electron chi connectivity index (χ4n) is 2.14. The minimum atomic E-state index is -0.678. The monoisotopic (exact) mass is 272 g/mol. The first kappa shape index (κ1) is 12.8. The summed E-state index contributed by atoms with van der Waals surface area (Å²) in [4.78, 5) is 16.3. The lowest BCUT2D eigenvalue weighted by Gasteiger charge is -2.08. The topological polar surface area (TPSA) is 65.2 Å². The van der Waals surface area contributed by atoms with E-state index in [1.807, 2.05) is 31.2 Å². The van der Waals surface area contributed by atoms with Crippen LogP contribution in [0.2, 0.25) is 0 Å². The summed E-state index contributed by atoms with van der Waals surface area (Å²) in [6.07, 6.45) is 1.44. The van der Waals surface area contributed by atoms with Gasteiger partial charge in [-0.3, -0.25) is 4.79 Å². The van der Waals surface area contributed by atoms with E-state index in [1.165, 1.54) is 5.56 Å². The van der Waals surface area contributed by atoms with E-state index in [1.54, 1.807) is 6.92 Å². The average Bonchev–Trinajstić information content (AvgIpc) is 3.12. The first-order valence-corrected chi connectivity index (χ1v) is 6.74. The van der Waals surface area contributed by atoms with Crippen molar-refractivity contribution in [1.29, 1.82) is 0 Å². The smallest absolute Gasteiger partial charge is 0.319 e. The van der Waals surface area contributed by atoms with Gasteiger partial charge in [0.2, 0.25) is 0 Å². The average molecular weight is 272 g/mol. The summed E-state index contributed by atoms with van der Waals surface area (Å²) in [6.45, 7) is 4.17. The number of carbonyl (C=O) groups is 1. The lowest BCUT2D eigenvalue weighted by Crippen LogP contribution is -2.24. The van der Waals surface area contributed by atoms with Crippen LogP contribution in [0.5, 0.6) is 0 Å². The van der Waals surface area contributed by atoms with Crippen LogP contribution in [0.1, 0.15) is 31.2 Å². The predicted octanol–water partition coefficient (Wildman–Crippen LogP) is 2.64. The number of benzene rings is 1. The van der Waals surface area contributed by atoms with Crippen LogP contribution in [0.4, 0.5) is 0 Å². The molecular weight excluding hydrogens is 256 g/mol. The molecule has 5 nitrogen and oxygen atoms in total. The van der Waals surface area contributed by atoms with Crippen molar-refractivity contribution in [2.45, 2.75) is 32.1 Å². The number of carbonyl (C=O) groups excluding carboxylic acids is 1. The second-order valence-corrected chi connectivity index (χ2v) is 5.09. The standard InChI is InChI=1S/C15H16N2O3/c1-3-19-14(18)15(8-9-15)13-16-12(20-17-13)11-6-4-10(2)5-7-11/h4-7H,3,8-9H2,1-2H3. The van der Waals surface area contributed by atoms with E-state index in [0.29, 0.717) is 18.3 Å². The molecule has 0 radical (unpaired) electrons. The maximum Gasteiger partial charge on any atom is 0.319 e. The zero-order chi connectivity index (χ0) is 14.2. The Balaban J connectivity index is 1.87. The van der Waals surface area contributed by atoms with Crippen molar-refractivity contribution in [2.75, 3.05) is 6.61 Å². The van der Waals surface area contributed by atoms with Crippen LogP contribution in [0, 0.1) is 6.92 Å². The Kier molecular flexibility index (Phi) is 3.04. The highest BCUT2D eigenvalue weighted by atomic mass is 16.5. The van der Waals surface area contributed by atoms with Crippen LogP contribution < -0.4 is 0 Å². The van der Waals surface area contributed by atoms with Crippen LogP contribution in [0.15, 0.2) is 28.8 Å². The van der Waals surface area contributed by atoms with Gasteiger partial charge in [-0.25, -0.2) is 0 Å². The molecule has 20 heavy (non-hydrogen) atoms. The summed E-state index contributed by atoms with van der Waals surface area (Å²) < 4.78 is 10.4. The van der Waals surface area contributed by atoms with Gasteiger partial charge in [0.05, 0.1) is 6.61 Å². The van der Waals surface area contributed by atoms with E-state index in [2.05, 4.69) is 10.1 Å². The molecule has 1 heterocycles.